The fraction of sp³-hybridized carbons (Fsp3) is 0.467. The molecule has 0 bridgehead atoms. The Bertz CT molecular complexity index is 746. The lowest BCUT2D eigenvalue weighted by atomic mass is 10.2. The van der Waals surface area contributed by atoms with Crippen molar-refractivity contribution in [3.05, 3.63) is 35.1 Å². The average Bonchev–Trinajstić information content (AvgIpc) is 2.65. The predicted octanol–water partition coefficient (Wildman–Crippen LogP) is 1.83. The van der Waals surface area contributed by atoms with E-state index in [1.165, 1.54) is 7.11 Å². The Kier molecular flexibility index (Phi) is 6.07. The second kappa shape index (κ2) is 8.47. The first-order valence-corrected chi connectivity index (χ1v) is 8.25. The number of hydrogen-bond donors (Lipinski definition) is 1. The average molecular weight is 387 g/mol. The molecule has 3 heterocycles. The molecule has 1 fully saturated rings. The van der Waals surface area contributed by atoms with Crippen LogP contribution in [0, 0.1) is 11.6 Å². The van der Waals surface area contributed by atoms with Gasteiger partial charge in [-0.3, -0.25) is 0 Å². The minimum Gasteiger partial charge on any atom is -0.382 e. The van der Waals surface area contributed by atoms with Crippen LogP contribution in [0.1, 0.15) is 11.9 Å². The summed E-state index contributed by atoms with van der Waals surface area (Å²) in [5.74, 6) is -1.01. The van der Waals surface area contributed by atoms with Gasteiger partial charge < -0.3 is 19.7 Å². The van der Waals surface area contributed by atoms with E-state index >= 15 is 0 Å². The number of anilines is 2. The summed E-state index contributed by atoms with van der Waals surface area (Å²) in [6.45, 7) is 2.04. The van der Waals surface area contributed by atoms with E-state index in [1.807, 2.05) is 0 Å². The van der Waals surface area contributed by atoms with Crippen molar-refractivity contribution in [2.45, 2.75) is 6.04 Å². The minimum absolute atomic E-state index is 0.0898. The third kappa shape index (κ3) is 4.32. The van der Waals surface area contributed by atoms with Crippen molar-refractivity contribution in [1.29, 1.82) is 0 Å². The van der Waals surface area contributed by atoms with Crippen molar-refractivity contribution < 1.29 is 18.3 Å². The first kappa shape index (κ1) is 18.6. The molecule has 1 aliphatic rings. The molecule has 0 aliphatic carbocycles. The summed E-state index contributed by atoms with van der Waals surface area (Å²) in [6.07, 6.45) is 2.05. The molecule has 1 saturated heterocycles. The lowest BCUT2D eigenvalue weighted by Gasteiger charge is -2.28. The lowest BCUT2D eigenvalue weighted by Crippen LogP contribution is -2.37. The largest absolute Gasteiger partial charge is 0.382 e. The third-order valence-electron chi connectivity index (χ3n) is 3.71. The van der Waals surface area contributed by atoms with Crippen molar-refractivity contribution in [3.8, 4) is 0 Å². The second-order valence-electron chi connectivity index (χ2n) is 5.49. The number of ether oxygens (including phenoxy) is 2. The summed E-state index contributed by atoms with van der Waals surface area (Å²) < 4.78 is 38.4. The van der Waals surface area contributed by atoms with Crippen molar-refractivity contribution in [2.24, 2.45) is 0 Å². The number of morpholine rings is 1. The highest BCUT2D eigenvalue weighted by Gasteiger charge is 2.24. The molecule has 11 heteroatoms. The van der Waals surface area contributed by atoms with Crippen LogP contribution in [0.5, 0.6) is 0 Å². The lowest BCUT2D eigenvalue weighted by molar-refractivity contribution is 0.122. The van der Waals surface area contributed by atoms with Crippen LogP contribution in [0.2, 0.25) is 5.28 Å². The van der Waals surface area contributed by atoms with Gasteiger partial charge in [0.1, 0.15) is 6.04 Å². The molecule has 0 radical (unpaired) electrons. The zero-order valence-electron chi connectivity index (χ0n) is 14.0. The molecule has 3 rings (SSSR count). The van der Waals surface area contributed by atoms with Crippen LogP contribution in [-0.4, -0.2) is 60.0 Å². The van der Waals surface area contributed by atoms with E-state index in [4.69, 9.17) is 21.1 Å². The zero-order valence-corrected chi connectivity index (χ0v) is 14.7. The number of nitrogens with one attached hydrogen (secondary N) is 1. The van der Waals surface area contributed by atoms with E-state index in [-0.39, 0.29) is 29.4 Å². The van der Waals surface area contributed by atoms with Crippen molar-refractivity contribution >= 4 is 23.2 Å². The SMILES string of the molecule is COCC(Nc1nc(Cl)nc(N2CCOCC2)c1F)c1ncc(F)cn1. The summed E-state index contributed by atoms with van der Waals surface area (Å²) in [6, 6.07) is -0.654. The molecule has 1 aliphatic heterocycles. The maximum Gasteiger partial charge on any atom is 0.226 e. The standard InChI is InChI=1S/C15H17ClF2N6O2/c1-25-8-10(12-19-6-9(17)7-20-12)21-13-11(18)14(23-15(16)22-13)24-2-4-26-5-3-24/h6-7,10H,2-5,8H2,1H3,(H,21,22,23). The van der Waals surface area contributed by atoms with Gasteiger partial charge >= 0.3 is 0 Å². The molecule has 2 aromatic heterocycles. The first-order valence-electron chi connectivity index (χ1n) is 7.87. The highest BCUT2D eigenvalue weighted by molar-refractivity contribution is 6.28. The van der Waals surface area contributed by atoms with Crippen LogP contribution in [0.25, 0.3) is 0 Å². The minimum atomic E-state index is -0.654. The third-order valence-corrected chi connectivity index (χ3v) is 3.88. The summed E-state index contributed by atoms with van der Waals surface area (Å²) in [5.41, 5.74) is 0. The molecular weight excluding hydrogens is 370 g/mol. The summed E-state index contributed by atoms with van der Waals surface area (Å²) in [4.78, 5) is 17.5. The van der Waals surface area contributed by atoms with Gasteiger partial charge in [0.25, 0.3) is 0 Å². The van der Waals surface area contributed by atoms with Crippen molar-refractivity contribution in [1.82, 2.24) is 19.9 Å². The molecule has 1 N–H and O–H groups in total. The van der Waals surface area contributed by atoms with E-state index in [9.17, 15) is 8.78 Å². The molecular formula is C15H17ClF2N6O2. The van der Waals surface area contributed by atoms with Gasteiger partial charge in [0.05, 0.1) is 32.2 Å². The Morgan fingerprint density at radius 1 is 1.27 bits per heavy atom. The van der Waals surface area contributed by atoms with Crippen LogP contribution in [0.4, 0.5) is 20.4 Å². The van der Waals surface area contributed by atoms with E-state index in [1.54, 1.807) is 4.90 Å². The van der Waals surface area contributed by atoms with Gasteiger partial charge in [-0.2, -0.15) is 14.4 Å². The number of methoxy groups -OCH3 is 1. The van der Waals surface area contributed by atoms with Gasteiger partial charge in [0, 0.05) is 20.2 Å². The molecule has 1 atom stereocenters. The van der Waals surface area contributed by atoms with Crippen LogP contribution in [-0.2, 0) is 9.47 Å². The molecule has 1 unspecified atom stereocenters. The smallest absolute Gasteiger partial charge is 0.226 e. The van der Waals surface area contributed by atoms with Gasteiger partial charge in [-0.25, -0.2) is 14.4 Å². The molecule has 26 heavy (non-hydrogen) atoms. The zero-order chi connectivity index (χ0) is 18.5. The van der Waals surface area contributed by atoms with E-state index in [0.717, 1.165) is 12.4 Å². The highest BCUT2D eigenvalue weighted by Crippen LogP contribution is 2.27. The topological polar surface area (TPSA) is 85.3 Å². The van der Waals surface area contributed by atoms with Gasteiger partial charge in [-0.1, -0.05) is 0 Å². The summed E-state index contributed by atoms with van der Waals surface area (Å²) >= 11 is 5.97. The van der Waals surface area contributed by atoms with Crippen LogP contribution in [0.15, 0.2) is 12.4 Å². The van der Waals surface area contributed by atoms with E-state index < -0.39 is 17.7 Å². The second-order valence-corrected chi connectivity index (χ2v) is 5.83. The normalized spacial score (nSPS) is 15.8. The molecule has 8 nitrogen and oxygen atoms in total. The Labute approximate surface area is 153 Å². The fourth-order valence-electron chi connectivity index (χ4n) is 2.50. The van der Waals surface area contributed by atoms with Crippen molar-refractivity contribution in [3.63, 3.8) is 0 Å². The Morgan fingerprint density at radius 2 is 1.96 bits per heavy atom. The predicted molar refractivity (Wildman–Crippen MR) is 90.3 cm³/mol. The fourth-order valence-corrected chi connectivity index (χ4v) is 2.67. The van der Waals surface area contributed by atoms with Gasteiger partial charge in [-0.15, -0.1) is 0 Å². The maximum absolute atomic E-state index is 14.9. The van der Waals surface area contributed by atoms with Crippen LogP contribution >= 0.6 is 11.6 Å². The van der Waals surface area contributed by atoms with Gasteiger partial charge in [0.2, 0.25) is 11.1 Å². The quantitative estimate of drug-likeness (QED) is 0.753. The Morgan fingerprint density at radius 3 is 2.62 bits per heavy atom. The van der Waals surface area contributed by atoms with Gasteiger partial charge in [0.15, 0.2) is 23.3 Å². The molecule has 2 aromatic rings. The maximum atomic E-state index is 14.9. The number of hydrogen-bond acceptors (Lipinski definition) is 8. The van der Waals surface area contributed by atoms with Crippen molar-refractivity contribution in [2.75, 3.05) is 50.2 Å². The Hall–Kier alpha value is -2.17. The molecule has 0 amide bonds. The molecule has 0 saturated carbocycles. The molecule has 0 aromatic carbocycles. The van der Waals surface area contributed by atoms with E-state index in [2.05, 4.69) is 25.3 Å². The number of rotatable bonds is 6. The molecule has 140 valence electrons. The van der Waals surface area contributed by atoms with Gasteiger partial charge in [-0.05, 0) is 11.6 Å². The number of nitrogens with zero attached hydrogens (tertiary/aromatic N) is 5. The van der Waals surface area contributed by atoms with Crippen LogP contribution in [0.3, 0.4) is 0 Å². The highest BCUT2D eigenvalue weighted by atomic mass is 35.5. The molecule has 0 spiro atoms. The van der Waals surface area contributed by atoms with E-state index in [0.29, 0.717) is 26.3 Å². The monoisotopic (exact) mass is 386 g/mol. The summed E-state index contributed by atoms with van der Waals surface area (Å²) in [7, 11) is 1.47. The number of halogens is 3. The summed E-state index contributed by atoms with van der Waals surface area (Å²) in [5, 5.41) is 2.76. The van der Waals surface area contributed by atoms with Crippen LogP contribution < -0.4 is 10.2 Å². The number of aromatic nitrogens is 4. The first-order chi connectivity index (χ1) is 12.6. The Balaban J connectivity index is 1.89.